The number of hydrogen-bond donors (Lipinski definition) is 1. The summed E-state index contributed by atoms with van der Waals surface area (Å²) in [6, 6.07) is 8.48. The number of likely N-dealkylation sites (tertiary alicyclic amines) is 1. The largest absolute Gasteiger partial charge is 0.362 e. The number of benzene rings is 1. The SMILES string of the molecule is O=C(CN1CCc2ccccc21)N1CCC2(CCNC2)CC1. The van der Waals surface area contributed by atoms with Crippen molar-refractivity contribution in [1.82, 2.24) is 10.2 Å². The van der Waals surface area contributed by atoms with Crippen LogP contribution in [0, 0.1) is 5.41 Å². The Balaban J connectivity index is 1.36. The maximum atomic E-state index is 12.6. The van der Waals surface area contributed by atoms with Crippen molar-refractivity contribution in [2.75, 3.05) is 44.2 Å². The number of amides is 1. The Morgan fingerprint density at radius 3 is 2.73 bits per heavy atom. The third kappa shape index (κ3) is 2.50. The number of fused-ring (bicyclic) bond motifs is 1. The van der Waals surface area contributed by atoms with Crippen molar-refractivity contribution in [2.45, 2.75) is 25.7 Å². The number of nitrogens with one attached hydrogen (secondary N) is 1. The van der Waals surface area contributed by atoms with Gasteiger partial charge in [-0.3, -0.25) is 4.79 Å². The molecule has 1 N–H and O–H groups in total. The number of piperidine rings is 1. The molecule has 0 bridgehead atoms. The minimum Gasteiger partial charge on any atom is -0.362 e. The van der Waals surface area contributed by atoms with Crippen LogP contribution in [0.25, 0.3) is 0 Å². The molecule has 2 fully saturated rings. The fraction of sp³-hybridized carbons (Fsp3) is 0.611. The van der Waals surface area contributed by atoms with Crippen LogP contribution in [-0.4, -0.2) is 50.1 Å². The summed E-state index contributed by atoms with van der Waals surface area (Å²) in [5.74, 6) is 0.303. The molecule has 0 aliphatic carbocycles. The van der Waals surface area contributed by atoms with Gasteiger partial charge >= 0.3 is 0 Å². The zero-order chi connectivity index (χ0) is 15.0. The average Bonchev–Trinajstić information content (AvgIpc) is 3.16. The van der Waals surface area contributed by atoms with Gasteiger partial charge in [0.15, 0.2) is 0 Å². The first-order chi connectivity index (χ1) is 10.8. The van der Waals surface area contributed by atoms with E-state index in [0.717, 1.165) is 39.1 Å². The number of para-hydroxylation sites is 1. The van der Waals surface area contributed by atoms with Gasteiger partial charge in [0.2, 0.25) is 5.91 Å². The first-order valence-corrected chi connectivity index (χ1v) is 8.57. The monoisotopic (exact) mass is 299 g/mol. The first-order valence-electron chi connectivity index (χ1n) is 8.57. The summed E-state index contributed by atoms with van der Waals surface area (Å²) in [5.41, 5.74) is 3.12. The van der Waals surface area contributed by atoms with Gasteiger partial charge < -0.3 is 15.1 Å². The fourth-order valence-electron chi connectivity index (χ4n) is 4.29. The molecule has 0 saturated carbocycles. The predicted octanol–water partition coefficient (Wildman–Crippen LogP) is 1.65. The molecule has 0 radical (unpaired) electrons. The predicted molar refractivity (Wildman–Crippen MR) is 88.1 cm³/mol. The van der Waals surface area contributed by atoms with Crippen molar-refractivity contribution >= 4 is 11.6 Å². The number of rotatable bonds is 2. The van der Waals surface area contributed by atoms with Gasteiger partial charge in [0.25, 0.3) is 0 Å². The Kier molecular flexibility index (Phi) is 3.57. The molecular weight excluding hydrogens is 274 g/mol. The van der Waals surface area contributed by atoms with E-state index in [2.05, 4.69) is 39.4 Å². The molecule has 3 aliphatic heterocycles. The second kappa shape index (κ2) is 5.58. The first kappa shape index (κ1) is 14.1. The Morgan fingerprint density at radius 1 is 1.14 bits per heavy atom. The maximum absolute atomic E-state index is 12.6. The lowest BCUT2D eigenvalue weighted by atomic mass is 9.78. The minimum absolute atomic E-state index is 0.303. The highest BCUT2D eigenvalue weighted by Crippen LogP contribution is 2.37. The Morgan fingerprint density at radius 2 is 1.95 bits per heavy atom. The lowest BCUT2D eigenvalue weighted by molar-refractivity contribution is -0.131. The van der Waals surface area contributed by atoms with E-state index in [1.54, 1.807) is 0 Å². The van der Waals surface area contributed by atoms with Crippen LogP contribution in [-0.2, 0) is 11.2 Å². The van der Waals surface area contributed by atoms with Crippen molar-refractivity contribution in [3.8, 4) is 0 Å². The maximum Gasteiger partial charge on any atom is 0.242 e. The summed E-state index contributed by atoms with van der Waals surface area (Å²) in [6.45, 7) is 5.70. The highest BCUT2D eigenvalue weighted by molar-refractivity contribution is 5.82. The highest BCUT2D eigenvalue weighted by atomic mass is 16.2. The van der Waals surface area contributed by atoms with Crippen molar-refractivity contribution in [3.05, 3.63) is 29.8 Å². The topological polar surface area (TPSA) is 35.6 Å². The number of carbonyl (C=O) groups excluding carboxylic acids is 1. The van der Waals surface area contributed by atoms with Crippen molar-refractivity contribution in [3.63, 3.8) is 0 Å². The minimum atomic E-state index is 0.303. The molecule has 3 aliphatic rings. The Bertz CT molecular complexity index is 555. The summed E-state index contributed by atoms with van der Waals surface area (Å²) in [4.78, 5) is 17.0. The van der Waals surface area contributed by atoms with Crippen LogP contribution in [0.15, 0.2) is 24.3 Å². The molecular formula is C18H25N3O. The molecule has 22 heavy (non-hydrogen) atoms. The number of anilines is 1. The van der Waals surface area contributed by atoms with Crippen LogP contribution in [0.2, 0.25) is 0 Å². The molecule has 2 saturated heterocycles. The summed E-state index contributed by atoms with van der Waals surface area (Å²) >= 11 is 0. The van der Waals surface area contributed by atoms with Gasteiger partial charge in [0.1, 0.15) is 0 Å². The van der Waals surface area contributed by atoms with E-state index >= 15 is 0 Å². The van der Waals surface area contributed by atoms with Crippen LogP contribution in [0.1, 0.15) is 24.8 Å². The van der Waals surface area contributed by atoms with Crippen LogP contribution in [0.3, 0.4) is 0 Å². The van der Waals surface area contributed by atoms with Gasteiger partial charge in [-0.05, 0) is 49.3 Å². The molecule has 0 aromatic heterocycles. The van der Waals surface area contributed by atoms with Gasteiger partial charge in [-0.1, -0.05) is 18.2 Å². The molecule has 118 valence electrons. The van der Waals surface area contributed by atoms with E-state index in [9.17, 15) is 4.79 Å². The fourth-order valence-corrected chi connectivity index (χ4v) is 4.29. The van der Waals surface area contributed by atoms with Gasteiger partial charge in [-0.25, -0.2) is 0 Å². The van der Waals surface area contributed by atoms with E-state index in [1.165, 1.54) is 30.5 Å². The molecule has 1 spiro atoms. The summed E-state index contributed by atoms with van der Waals surface area (Å²) in [7, 11) is 0. The van der Waals surface area contributed by atoms with E-state index in [0.29, 0.717) is 17.9 Å². The van der Waals surface area contributed by atoms with E-state index in [4.69, 9.17) is 0 Å². The second-order valence-electron chi connectivity index (χ2n) is 7.11. The van der Waals surface area contributed by atoms with Gasteiger partial charge in [0.05, 0.1) is 6.54 Å². The van der Waals surface area contributed by atoms with Gasteiger partial charge in [0, 0.05) is 31.9 Å². The van der Waals surface area contributed by atoms with E-state index < -0.39 is 0 Å². The zero-order valence-corrected chi connectivity index (χ0v) is 13.2. The molecule has 0 unspecified atom stereocenters. The second-order valence-corrected chi connectivity index (χ2v) is 7.11. The van der Waals surface area contributed by atoms with Crippen molar-refractivity contribution in [1.29, 1.82) is 0 Å². The summed E-state index contributed by atoms with van der Waals surface area (Å²) in [5, 5.41) is 3.48. The summed E-state index contributed by atoms with van der Waals surface area (Å²) in [6.07, 6.45) is 4.69. The quantitative estimate of drug-likeness (QED) is 0.902. The third-order valence-electron chi connectivity index (χ3n) is 5.82. The molecule has 4 rings (SSSR count). The number of carbonyl (C=O) groups is 1. The standard InChI is InChI=1S/C18H25N3O/c22-17(13-21-10-5-15-3-1-2-4-16(15)21)20-11-7-18(8-12-20)6-9-19-14-18/h1-4,19H,5-14H2. The normalized spacial score (nSPS) is 23.1. The zero-order valence-electron chi connectivity index (χ0n) is 13.2. The molecule has 3 heterocycles. The van der Waals surface area contributed by atoms with Crippen LogP contribution >= 0.6 is 0 Å². The van der Waals surface area contributed by atoms with Crippen LogP contribution < -0.4 is 10.2 Å². The molecule has 1 amide bonds. The van der Waals surface area contributed by atoms with Crippen molar-refractivity contribution in [2.24, 2.45) is 5.41 Å². The molecule has 4 nitrogen and oxygen atoms in total. The Hall–Kier alpha value is -1.55. The smallest absolute Gasteiger partial charge is 0.242 e. The number of hydrogen-bond acceptors (Lipinski definition) is 3. The number of nitrogens with zero attached hydrogens (tertiary/aromatic N) is 2. The van der Waals surface area contributed by atoms with Crippen molar-refractivity contribution < 1.29 is 4.79 Å². The van der Waals surface area contributed by atoms with Gasteiger partial charge in [-0.2, -0.15) is 0 Å². The van der Waals surface area contributed by atoms with E-state index in [-0.39, 0.29) is 0 Å². The third-order valence-corrected chi connectivity index (χ3v) is 5.82. The molecule has 1 aromatic rings. The molecule has 1 aromatic carbocycles. The Labute approximate surface area is 132 Å². The summed E-state index contributed by atoms with van der Waals surface area (Å²) < 4.78 is 0. The van der Waals surface area contributed by atoms with Crippen LogP contribution in [0.4, 0.5) is 5.69 Å². The lowest BCUT2D eigenvalue weighted by Crippen LogP contribution is -2.47. The average molecular weight is 299 g/mol. The highest BCUT2D eigenvalue weighted by Gasteiger charge is 2.38. The lowest BCUT2D eigenvalue weighted by Gasteiger charge is -2.39. The van der Waals surface area contributed by atoms with E-state index in [1.807, 2.05) is 0 Å². The van der Waals surface area contributed by atoms with Gasteiger partial charge in [-0.15, -0.1) is 0 Å². The van der Waals surface area contributed by atoms with Crippen LogP contribution in [0.5, 0.6) is 0 Å². The molecule has 4 heteroatoms. The molecule has 0 atom stereocenters.